The van der Waals surface area contributed by atoms with E-state index < -0.39 is 11.9 Å². The summed E-state index contributed by atoms with van der Waals surface area (Å²) in [7, 11) is 0. The molecular weight excluding hydrogens is 290 g/mol. The van der Waals surface area contributed by atoms with E-state index in [9.17, 15) is 9.59 Å². The Morgan fingerprint density at radius 2 is 1.90 bits per heavy atom. The van der Waals surface area contributed by atoms with Gasteiger partial charge in [0.15, 0.2) is 6.61 Å². The van der Waals surface area contributed by atoms with Crippen LogP contribution in [0.2, 0.25) is 5.02 Å². The number of ether oxygens (including phenoxy) is 1. The first-order valence-corrected chi connectivity index (χ1v) is 6.72. The maximum absolute atomic E-state index is 11.9. The second-order valence-electron chi connectivity index (χ2n) is 4.45. The Kier molecular flexibility index (Phi) is 4.95. The molecule has 2 rings (SSSR count). The number of carbonyl (C=O) groups excluding carboxylic acids is 2. The van der Waals surface area contributed by atoms with Crippen molar-refractivity contribution in [1.82, 2.24) is 0 Å². The minimum absolute atomic E-state index is 0.348. The summed E-state index contributed by atoms with van der Waals surface area (Å²) >= 11 is 5.82. The van der Waals surface area contributed by atoms with Gasteiger partial charge in [-0.25, -0.2) is 4.79 Å². The first-order chi connectivity index (χ1) is 10.1. The Morgan fingerprint density at radius 3 is 2.62 bits per heavy atom. The highest BCUT2D eigenvalue weighted by molar-refractivity contribution is 6.30. The number of hydrogen-bond donors (Lipinski definition) is 1. The van der Waals surface area contributed by atoms with Crippen LogP contribution in [0.1, 0.15) is 15.9 Å². The van der Waals surface area contributed by atoms with E-state index >= 15 is 0 Å². The molecule has 0 saturated carbocycles. The maximum atomic E-state index is 11.9. The molecule has 0 heterocycles. The molecule has 0 aliphatic heterocycles. The largest absolute Gasteiger partial charge is 0.452 e. The van der Waals surface area contributed by atoms with E-state index in [-0.39, 0.29) is 6.61 Å². The van der Waals surface area contributed by atoms with Crippen LogP contribution >= 0.6 is 11.6 Å². The lowest BCUT2D eigenvalue weighted by Gasteiger charge is -2.08. The Bertz CT molecular complexity index is 670. The van der Waals surface area contributed by atoms with E-state index in [1.54, 1.807) is 36.4 Å². The Balaban J connectivity index is 1.90. The van der Waals surface area contributed by atoms with Crippen LogP contribution < -0.4 is 5.32 Å². The molecule has 1 amide bonds. The molecule has 0 saturated heterocycles. The van der Waals surface area contributed by atoms with E-state index in [1.165, 1.54) is 0 Å². The van der Waals surface area contributed by atoms with Crippen molar-refractivity contribution in [1.29, 1.82) is 0 Å². The molecule has 0 aromatic heterocycles. The topological polar surface area (TPSA) is 55.4 Å². The van der Waals surface area contributed by atoms with E-state index in [2.05, 4.69) is 5.32 Å². The summed E-state index contributed by atoms with van der Waals surface area (Å²) in [5, 5.41) is 3.12. The lowest BCUT2D eigenvalue weighted by atomic mass is 10.1. The van der Waals surface area contributed by atoms with Gasteiger partial charge in [-0.2, -0.15) is 0 Å². The molecule has 2 aromatic rings. The molecule has 0 spiro atoms. The van der Waals surface area contributed by atoms with Crippen LogP contribution in [0.25, 0.3) is 0 Å². The average molecular weight is 304 g/mol. The van der Waals surface area contributed by atoms with Crippen molar-refractivity contribution in [3.05, 3.63) is 64.7 Å². The molecule has 4 nitrogen and oxygen atoms in total. The molecule has 2 aromatic carbocycles. The van der Waals surface area contributed by atoms with Crippen molar-refractivity contribution < 1.29 is 14.3 Å². The van der Waals surface area contributed by atoms with Gasteiger partial charge in [-0.3, -0.25) is 4.79 Å². The second kappa shape index (κ2) is 6.90. The standard InChI is InChI=1S/C16H14ClNO3/c1-11-5-2-3-8-14(11)16(20)21-10-15(19)18-13-7-4-6-12(17)9-13/h2-9H,10H2,1H3,(H,18,19). The van der Waals surface area contributed by atoms with Gasteiger partial charge in [0.1, 0.15) is 0 Å². The lowest BCUT2D eigenvalue weighted by molar-refractivity contribution is -0.119. The lowest BCUT2D eigenvalue weighted by Crippen LogP contribution is -2.21. The van der Waals surface area contributed by atoms with Gasteiger partial charge in [0, 0.05) is 10.7 Å². The Hall–Kier alpha value is -2.33. The molecule has 1 N–H and O–H groups in total. The molecule has 0 aliphatic rings. The number of halogens is 1. The van der Waals surface area contributed by atoms with Gasteiger partial charge in [0.2, 0.25) is 0 Å². The summed E-state index contributed by atoms with van der Waals surface area (Å²) < 4.78 is 4.99. The zero-order valence-electron chi connectivity index (χ0n) is 11.4. The molecule has 0 unspecified atom stereocenters. The van der Waals surface area contributed by atoms with E-state index in [1.807, 2.05) is 19.1 Å². The number of esters is 1. The van der Waals surface area contributed by atoms with Crippen molar-refractivity contribution in [3.63, 3.8) is 0 Å². The predicted octanol–water partition coefficient (Wildman–Crippen LogP) is 3.44. The number of aryl methyl sites for hydroxylation is 1. The molecule has 5 heteroatoms. The highest BCUT2D eigenvalue weighted by Gasteiger charge is 2.12. The summed E-state index contributed by atoms with van der Waals surface area (Å²) in [6, 6.07) is 13.8. The molecule has 0 fully saturated rings. The van der Waals surface area contributed by atoms with Gasteiger partial charge in [0.05, 0.1) is 5.56 Å². The summed E-state index contributed by atoms with van der Waals surface area (Å²) in [5.74, 6) is -0.937. The van der Waals surface area contributed by atoms with E-state index in [0.717, 1.165) is 5.56 Å². The van der Waals surface area contributed by atoms with Crippen molar-refractivity contribution in [2.75, 3.05) is 11.9 Å². The third-order valence-electron chi connectivity index (χ3n) is 2.81. The van der Waals surface area contributed by atoms with Crippen LogP contribution in [0.3, 0.4) is 0 Å². The van der Waals surface area contributed by atoms with E-state index in [4.69, 9.17) is 16.3 Å². The second-order valence-corrected chi connectivity index (χ2v) is 4.89. The van der Waals surface area contributed by atoms with Crippen molar-refractivity contribution in [2.24, 2.45) is 0 Å². The summed E-state index contributed by atoms with van der Waals surface area (Å²) in [6.45, 7) is 1.46. The predicted molar refractivity (Wildman–Crippen MR) is 81.5 cm³/mol. The normalized spacial score (nSPS) is 10.0. The summed E-state index contributed by atoms with van der Waals surface area (Å²) in [4.78, 5) is 23.6. The number of anilines is 1. The van der Waals surface area contributed by atoms with Gasteiger partial charge in [-0.15, -0.1) is 0 Å². The quantitative estimate of drug-likeness (QED) is 0.880. The summed E-state index contributed by atoms with van der Waals surface area (Å²) in [5.41, 5.74) is 1.81. The van der Waals surface area contributed by atoms with Crippen LogP contribution in [0.4, 0.5) is 5.69 Å². The van der Waals surface area contributed by atoms with Crippen LogP contribution in [-0.2, 0) is 9.53 Å². The zero-order valence-corrected chi connectivity index (χ0v) is 12.2. The summed E-state index contributed by atoms with van der Waals surface area (Å²) in [6.07, 6.45) is 0. The van der Waals surface area contributed by atoms with Crippen LogP contribution in [0.15, 0.2) is 48.5 Å². The first-order valence-electron chi connectivity index (χ1n) is 6.34. The van der Waals surface area contributed by atoms with Gasteiger partial charge in [-0.05, 0) is 36.8 Å². The highest BCUT2D eigenvalue weighted by Crippen LogP contribution is 2.15. The molecule has 21 heavy (non-hydrogen) atoms. The van der Waals surface area contributed by atoms with Gasteiger partial charge < -0.3 is 10.1 Å². The number of benzene rings is 2. The Labute approximate surface area is 127 Å². The van der Waals surface area contributed by atoms with Crippen LogP contribution in [0.5, 0.6) is 0 Å². The Morgan fingerprint density at radius 1 is 1.14 bits per heavy atom. The highest BCUT2D eigenvalue weighted by atomic mass is 35.5. The average Bonchev–Trinajstić information content (AvgIpc) is 2.45. The fourth-order valence-electron chi connectivity index (χ4n) is 1.77. The molecule has 108 valence electrons. The molecule has 0 aliphatic carbocycles. The van der Waals surface area contributed by atoms with Gasteiger partial charge in [-0.1, -0.05) is 35.9 Å². The zero-order chi connectivity index (χ0) is 15.2. The van der Waals surface area contributed by atoms with Gasteiger partial charge >= 0.3 is 5.97 Å². The third-order valence-corrected chi connectivity index (χ3v) is 3.04. The maximum Gasteiger partial charge on any atom is 0.338 e. The molecule has 0 radical (unpaired) electrons. The van der Waals surface area contributed by atoms with Crippen LogP contribution in [-0.4, -0.2) is 18.5 Å². The SMILES string of the molecule is Cc1ccccc1C(=O)OCC(=O)Nc1cccc(Cl)c1. The number of rotatable bonds is 4. The molecular formula is C16H14ClNO3. The first kappa shape index (κ1) is 15.1. The number of hydrogen-bond acceptors (Lipinski definition) is 3. The smallest absolute Gasteiger partial charge is 0.338 e. The fraction of sp³-hybridized carbons (Fsp3) is 0.125. The van der Waals surface area contributed by atoms with Gasteiger partial charge in [0.25, 0.3) is 5.91 Å². The number of amides is 1. The molecule has 0 bridgehead atoms. The number of carbonyl (C=O) groups is 2. The van der Waals surface area contributed by atoms with E-state index in [0.29, 0.717) is 16.3 Å². The molecule has 0 atom stereocenters. The minimum Gasteiger partial charge on any atom is -0.452 e. The van der Waals surface area contributed by atoms with Crippen molar-refractivity contribution in [2.45, 2.75) is 6.92 Å². The number of nitrogens with one attached hydrogen (secondary N) is 1. The fourth-order valence-corrected chi connectivity index (χ4v) is 1.96. The third kappa shape index (κ3) is 4.33. The minimum atomic E-state index is -0.519. The van der Waals surface area contributed by atoms with Crippen molar-refractivity contribution >= 4 is 29.2 Å². The van der Waals surface area contributed by atoms with Crippen LogP contribution in [0, 0.1) is 6.92 Å². The monoisotopic (exact) mass is 303 g/mol. The van der Waals surface area contributed by atoms with Crippen molar-refractivity contribution in [3.8, 4) is 0 Å².